The molecule has 74 valence electrons. The van der Waals surface area contributed by atoms with Crippen molar-refractivity contribution in [1.82, 2.24) is 0 Å². The Hall–Kier alpha value is -0.395. The second kappa shape index (κ2) is 6.12. The molecule has 0 radical (unpaired) electrons. The first-order valence-electron chi connectivity index (χ1n) is 5.72. The van der Waals surface area contributed by atoms with Gasteiger partial charge in [-0.2, -0.15) is 0 Å². The van der Waals surface area contributed by atoms with E-state index in [1.807, 2.05) is 0 Å². The van der Waals surface area contributed by atoms with Gasteiger partial charge in [-0.3, -0.25) is 0 Å². The van der Waals surface area contributed by atoms with Gasteiger partial charge in [0.05, 0.1) is 5.76 Å². The highest BCUT2D eigenvalue weighted by Crippen LogP contribution is 2.20. The van der Waals surface area contributed by atoms with E-state index in [1.54, 1.807) is 0 Å². The molecule has 0 fully saturated rings. The van der Waals surface area contributed by atoms with Gasteiger partial charge in [-0.05, 0) is 38.0 Å². The third-order valence-electron chi connectivity index (χ3n) is 2.73. The first-order valence-corrected chi connectivity index (χ1v) is 5.72. The maximum atomic E-state index is 5.93. The number of hydrogen-bond acceptors (Lipinski definition) is 1. The van der Waals surface area contributed by atoms with Gasteiger partial charge >= 0.3 is 6.92 Å². The van der Waals surface area contributed by atoms with E-state index in [-0.39, 0.29) is 0 Å². The quantitative estimate of drug-likeness (QED) is 0.596. The molecular formula is C11H21BO. The summed E-state index contributed by atoms with van der Waals surface area (Å²) in [5, 5.41) is 0. The van der Waals surface area contributed by atoms with Crippen molar-refractivity contribution in [2.45, 2.75) is 58.6 Å². The molecular weight excluding hydrogens is 159 g/mol. The smallest absolute Gasteiger partial charge is 0.356 e. The second-order valence-electron chi connectivity index (χ2n) is 3.83. The summed E-state index contributed by atoms with van der Waals surface area (Å²) in [6.45, 7) is 4.85. The van der Waals surface area contributed by atoms with E-state index >= 15 is 0 Å². The molecule has 0 saturated carbocycles. The normalized spacial score (nSPS) is 17.5. The largest absolute Gasteiger partial charge is 0.564 e. The maximum Gasteiger partial charge on any atom is 0.356 e. The average Bonchev–Trinajstić information content (AvgIpc) is 2.42. The number of allylic oxidation sites excluding steroid dienone is 2. The highest BCUT2D eigenvalue weighted by molar-refractivity contribution is 6.51. The molecule has 0 amide bonds. The molecule has 0 spiro atoms. The Morgan fingerprint density at radius 2 is 2.00 bits per heavy atom. The summed E-state index contributed by atoms with van der Waals surface area (Å²) in [5.41, 5.74) is 0. The third kappa shape index (κ3) is 3.88. The Balaban J connectivity index is 2.36. The van der Waals surface area contributed by atoms with Gasteiger partial charge in [0, 0.05) is 6.42 Å². The molecule has 0 aromatic rings. The Bertz CT molecular complexity index is 161. The minimum Gasteiger partial charge on any atom is -0.564 e. The van der Waals surface area contributed by atoms with Gasteiger partial charge in [0.15, 0.2) is 0 Å². The van der Waals surface area contributed by atoms with Gasteiger partial charge in [0.2, 0.25) is 0 Å². The van der Waals surface area contributed by atoms with Crippen molar-refractivity contribution in [2.75, 3.05) is 0 Å². The molecule has 0 aliphatic heterocycles. The summed E-state index contributed by atoms with van der Waals surface area (Å²) in [6, 6.07) is 0. The van der Waals surface area contributed by atoms with Crippen LogP contribution in [0.5, 0.6) is 0 Å². The van der Waals surface area contributed by atoms with E-state index < -0.39 is 0 Å². The summed E-state index contributed by atoms with van der Waals surface area (Å²) in [6.07, 6.45) is 11.0. The molecule has 0 bridgehead atoms. The lowest BCUT2D eigenvalue weighted by molar-refractivity contribution is 0.404. The zero-order valence-corrected chi connectivity index (χ0v) is 9.01. The summed E-state index contributed by atoms with van der Waals surface area (Å²) >= 11 is 0. The fraction of sp³-hybridized carbons (Fsp3) is 0.818. The van der Waals surface area contributed by atoms with E-state index in [1.165, 1.54) is 31.4 Å². The monoisotopic (exact) mass is 180 g/mol. The maximum absolute atomic E-state index is 5.93. The molecule has 1 aliphatic carbocycles. The molecule has 1 aliphatic rings. The lowest BCUT2D eigenvalue weighted by Gasteiger charge is -2.14. The van der Waals surface area contributed by atoms with E-state index in [2.05, 4.69) is 19.9 Å². The molecule has 0 aromatic heterocycles. The van der Waals surface area contributed by atoms with Gasteiger partial charge in [-0.15, -0.1) is 0 Å². The summed E-state index contributed by atoms with van der Waals surface area (Å²) in [7, 11) is 0. The Morgan fingerprint density at radius 1 is 1.23 bits per heavy atom. The Kier molecular flexibility index (Phi) is 5.03. The van der Waals surface area contributed by atoms with Gasteiger partial charge in [0.25, 0.3) is 0 Å². The summed E-state index contributed by atoms with van der Waals surface area (Å²) in [4.78, 5) is 0. The van der Waals surface area contributed by atoms with Crippen LogP contribution in [0.25, 0.3) is 0 Å². The van der Waals surface area contributed by atoms with Crippen LogP contribution in [0.3, 0.4) is 0 Å². The van der Waals surface area contributed by atoms with Gasteiger partial charge in [-0.1, -0.05) is 20.3 Å². The van der Waals surface area contributed by atoms with Gasteiger partial charge < -0.3 is 4.65 Å². The summed E-state index contributed by atoms with van der Waals surface area (Å²) < 4.78 is 5.93. The van der Waals surface area contributed by atoms with Gasteiger partial charge in [0.1, 0.15) is 0 Å². The molecule has 1 rings (SSSR count). The molecule has 0 atom stereocenters. The van der Waals surface area contributed by atoms with Crippen LogP contribution in [0.2, 0.25) is 12.6 Å². The minimum absolute atomic E-state index is 0.448. The predicted octanol–water partition coefficient (Wildman–Crippen LogP) is 3.88. The Labute approximate surface area is 82.7 Å². The second-order valence-corrected chi connectivity index (χ2v) is 3.83. The molecule has 0 aromatic carbocycles. The molecule has 0 unspecified atom stereocenters. The minimum atomic E-state index is 0.448. The highest BCUT2D eigenvalue weighted by atomic mass is 16.4. The van der Waals surface area contributed by atoms with Crippen molar-refractivity contribution < 1.29 is 4.65 Å². The van der Waals surface area contributed by atoms with E-state index in [4.69, 9.17) is 4.65 Å². The molecule has 1 nitrogen and oxygen atoms in total. The van der Waals surface area contributed by atoms with Crippen LogP contribution >= 0.6 is 0 Å². The van der Waals surface area contributed by atoms with Crippen LogP contribution in [-0.2, 0) is 4.65 Å². The van der Waals surface area contributed by atoms with E-state index in [0.717, 1.165) is 19.1 Å². The van der Waals surface area contributed by atoms with Crippen LogP contribution in [0.15, 0.2) is 11.8 Å². The molecule has 0 saturated heterocycles. The fourth-order valence-corrected chi connectivity index (χ4v) is 1.76. The number of hydrogen-bond donors (Lipinski definition) is 0. The predicted molar refractivity (Wildman–Crippen MR) is 59.0 cm³/mol. The topological polar surface area (TPSA) is 9.23 Å². The van der Waals surface area contributed by atoms with Crippen molar-refractivity contribution in [2.24, 2.45) is 0 Å². The van der Waals surface area contributed by atoms with Crippen molar-refractivity contribution in [3.05, 3.63) is 11.8 Å². The van der Waals surface area contributed by atoms with Crippen LogP contribution in [-0.4, -0.2) is 6.92 Å². The van der Waals surface area contributed by atoms with Crippen LogP contribution in [0.4, 0.5) is 0 Å². The van der Waals surface area contributed by atoms with Crippen molar-refractivity contribution in [1.29, 1.82) is 0 Å². The first kappa shape index (κ1) is 10.7. The van der Waals surface area contributed by atoms with Crippen molar-refractivity contribution in [3.8, 4) is 0 Å². The lowest BCUT2D eigenvalue weighted by Crippen LogP contribution is -2.14. The van der Waals surface area contributed by atoms with E-state index in [0.29, 0.717) is 6.92 Å². The van der Waals surface area contributed by atoms with Gasteiger partial charge in [-0.25, -0.2) is 0 Å². The molecule has 0 N–H and O–H groups in total. The van der Waals surface area contributed by atoms with Crippen molar-refractivity contribution in [3.63, 3.8) is 0 Å². The number of rotatable bonds is 4. The van der Waals surface area contributed by atoms with E-state index in [9.17, 15) is 0 Å². The van der Waals surface area contributed by atoms with Crippen molar-refractivity contribution >= 4 is 6.92 Å². The van der Waals surface area contributed by atoms with Crippen LogP contribution in [0.1, 0.15) is 46.0 Å². The zero-order chi connectivity index (χ0) is 9.52. The molecule has 0 heterocycles. The Morgan fingerprint density at radius 3 is 2.69 bits per heavy atom. The van der Waals surface area contributed by atoms with Crippen LogP contribution < -0.4 is 0 Å². The summed E-state index contributed by atoms with van der Waals surface area (Å²) in [5.74, 6) is 1.26. The zero-order valence-electron chi connectivity index (χ0n) is 9.01. The fourth-order valence-electron chi connectivity index (χ4n) is 1.76. The third-order valence-corrected chi connectivity index (χ3v) is 2.73. The average molecular weight is 180 g/mol. The highest BCUT2D eigenvalue weighted by Gasteiger charge is 2.13. The lowest BCUT2D eigenvalue weighted by atomic mass is 9.62. The molecule has 2 heteroatoms. The first-order chi connectivity index (χ1) is 6.36. The standard InChI is InChI=1S/C11H21BO/c1-3-12(4-2)13-11-9-7-5-6-8-10-11/h9H,3-8,10H2,1-2H3. The molecule has 13 heavy (non-hydrogen) atoms. The van der Waals surface area contributed by atoms with Crippen LogP contribution in [0, 0.1) is 0 Å². The SMILES string of the molecule is CCB(CC)OC1=CCCCCC1.